The Morgan fingerprint density at radius 1 is 1.71 bits per heavy atom. The van der Waals surface area contributed by atoms with Crippen molar-refractivity contribution in [3.63, 3.8) is 0 Å². The molecular weight excluding hydrogens is 175 g/mol. The SMILES string of the molecule is CC(CBr)CCCl. The minimum Gasteiger partial charge on any atom is -0.127 e. The van der Waals surface area contributed by atoms with Gasteiger partial charge in [0.05, 0.1) is 0 Å². The summed E-state index contributed by atoms with van der Waals surface area (Å²) < 4.78 is 0. The van der Waals surface area contributed by atoms with E-state index >= 15 is 0 Å². The van der Waals surface area contributed by atoms with E-state index < -0.39 is 0 Å². The van der Waals surface area contributed by atoms with Gasteiger partial charge < -0.3 is 0 Å². The summed E-state index contributed by atoms with van der Waals surface area (Å²) >= 11 is 8.81. The summed E-state index contributed by atoms with van der Waals surface area (Å²) in [6.45, 7) is 2.18. The first-order valence-corrected chi connectivity index (χ1v) is 4.08. The maximum Gasteiger partial charge on any atom is 0.0226 e. The summed E-state index contributed by atoms with van der Waals surface area (Å²) in [5.41, 5.74) is 0. The molecule has 2 heteroatoms. The van der Waals surface area contributed by atoms with Gasteiger partial charge in [-0.25, -0.2) is 0 Å². The number of hydrogen-bond acceptors (Lipinski definition) is 0. The molecule has 0 nitrogen and oxygen atoms in total. The Kier molecular flexibility index (Phi) is 5.46. The molecule has 0 N–H and O–H groups in total. The van der Waals surface area contributed by atoms with Crippen LogP contribution >= 0.6 is 27.5 Å². The summed E-state index contributed by atoms with van der Waals surface area (Å²) in [5, 5.41) is 1.07. The fourth-order valence-electron chi connectivity index (χ4n) is 0.263. The average Bonchev–Trinajstić information content (AvgIpc) is 1.68. The van der Waals surface area contributed by atoms with E-state index in [9.17, 15) is 0 Å². The van der Waals surface area contributed by atoms with Gasteiger partial charge in [0.15, 0.2) is 0 Å². The molecule has 1 unspecified atom stereocenters. The van der Waals surface area contributed by atoms with Crippen molar-refractivity contribution < 1.29 is 0 Å². The predicted octanol–water partition coefficient (Wildman–Crippen LogP) is 2.65. The Bertz CT molecular complexity index is 39.1. The highest BCUT2D eigenvalue weighted by molar-refractivity contribution is 9.09. The molecule has 0 fully saturated rings. The Balaban J connectivity index is 2.83. The summed E-state index contributed by atoms with van der Waals surface area (Å²) in [6, 6.07) is 0. The Morgan fingerprint density at radius 2 is 2.29 bits per heavy atom. The van der Waals surface area contributed by atoms with Crippen LogP contribution in [0.25, 0.3) is 0 Å². The molecule has 0 spiro atoms. The lowest BCUT2D eigenvalue weighted by Crippen LogP contribution is -1.94. The van der Waals surface area contributed by atoms with E-state index in [-0.39, 0.29) is 0 Å². The summed E-state index contributed by atoms with van der Waals surface area (Å²) in [5.74, 6) is 1.52. The molecule has 7 heavy (non-hydrogen) atoms. The lowest BCUT2D eigenvalue weighted by molar-refractivity contribution is 0.645. The van der Waals surface area contributed by atoms with Gasteiger partial charge in [0, 0.05) is 11.2 Å². The molecule has 0 aromatic rings. The third-order valence-electron chi connectivity index (χ3n) is 0.865. The minimum absolute atomic E-state index is 0.734. The van der Waals surface area contributed by atoms with Gasteiger partial charge in [-0.15, -0.1) is 11.6 Å². The van der Waals surface area contributed by atoms with Crippen LogP contribution in [0, 0.1) is 5.92 Å². The molecular formula is C5H10BrCl. The molecule has 0 saturated carbocycles. The molecule has 0 rings (SSSR count). The smallest absolute Gasteiger partial charge is 0.0226 e. The van der Waals surface area contributed by atoms with E-state index in [0.29, 0.717) is 0 Å². The predicted molar refractivity (Wildman–Crippen MR) is 38.3 cm³/mol. The van der Waals surface area contributed by atoms with E-state index in [2.05, 4.69) is 22.9 Å². The summed E-state index contributed by atoms with van der Waals surface area (Å²) in [6.07, 6.45) is 1.12. The fraction of sp³-hybridized carbons (Fsp3) is 1.00. The van der Waals surface area contributed by atoms with Gasteiger partial charge in [0.25, 0.3) is 0 Å². The maximum absolute atomic E-state index is 5.45. The molecule has 1 atom stereocenters. The lowest BCUT2D eigenvalue weighted by atomic mass is 10.2. The number of alkyl halides is 2. The van der Waals surface area contributed by atoms with Crippen molar-refractivity contribution in [2.75, 3.05) is 11.2 Å². The number of rotatable bonds is 3. The van der Waals surface area contributed by atoms with E-state index in [0.717, 1.165) is 23.5 Å². The Morgan fingerprint density at radius 3 is 2.43 bits per heavy atom. The first-order valence-electron chi connectivity index (χ1n) is 2.43. The zero-order valence-corrected chi connectivity index (χ0v) is 6.80. The summed E-state index contributed by atoms with van der Waals surface area (Å²) in [4.78, 5) is 0. The van der Waals surface area contributed by atoms with E-state index in [1.165, 1.54) is 0 Å². The van der Waals surface area contributed by atoms with Gasteiger partial charge >= 0.3 is 0 Å². The zero-order chi connectivity index (χ0) is 5.70. The second kappa shape index (κ2) is 4.92. The van der Waals surface area contributed by atoms with Crippen molar-refractivity contribution in [1.82, 2.24) is 0 Å². The van der Waals surface area contributed by atoms with Crippen LogP contribution in [0.15, 0.2) is 0 Å². The van der Waals surface area contributed by atoms with E-state index in [4.69, 9.17) is 11.6 Å². The van der Waals surface area contributed by atoms with Gasteiger partial charge in [-0.2, -0.15) is 0 Å². The largest absolute Gasteiger partial charge is 0.127 e. The van der Waals surface area contributed by atoms with Crippen LogP contribution in [-0.2, 0) is 0 Å². The third kappa shape index (κ3) is 4.63. The van der Waals surface area contributed by atoms with E-state index in [1.54, 1.807) is 0 Å². The Hall–Kier alpha value is 0.770. The average molecular weight is 185 g/mol. The van der Waals surface area contributed by atoms with Crippen molar-refractivity contribution in [3.05, 3.63) is 0 Å². The standard InChI is InChI=1S/C5H10BrCl/c1-5(4-6)2-3-7/h5H,2-4H2,1H3. The van der Waals surface area contributed by atoms with Crippen molar-refractivity contribution in [2.45, 2.75) is 13.3 Å². The Labute approximate surface area is 58.4 Å². The highest BCUT2D eigenvalue weighted by Gasteiger charge is 1.94. The topological polar surface area (TPSA) is 0 Å². The molecule has 0 heterocycles. The maximum atomic E-state index is 5.45. The zero-order valence-electron chi connectivity index (χ0n) is 4.45. The monoisotopic (exact) mass is 184 g/mol. The first kappa shape index (κ1) is 7.77. The van der Waals surface area contributed by atoms with Crippen LogP contribution < -0.4 is 0 Å². The molecule has 0 amide bonds. The van der Waals surface area contributed by atoms with E-state index in [1.807, 2.05) is 0 Å². The minimum atomic E-state index is 0.734. The highest BCUT2D eigenvalue weighted by atomic mass is 79.9. The molecule has 0 aliphatic heterocycles. The second-order valence-corrected chi connectivity index (χ2v) is 2.76. The third-order valence-corrected chi connectivity index (χ3v) is 2.19. The van der Waals surface area contributed by atoms with Crippen LogP contribution in [0.4, 0.5) is 0 Å². The van der Waals surface area contributed by atoms with Crippen molar-refractivity contribution in [2.24, 2.45) is 5.92 Å². The van der Waals surface area contributed by atoms with Gasteiger partial charge in [-0.05, 0) is 12.3 Å². The molecule has 0 aliphatic carbocycles. The quantitative estimate of drug-likeness (QED) is 0.593. The summed E-state index contributed by atoms with van der Waals surface area (Å²) in [7, 11) is 0. The molecule has 0 aliphatic rings. The second-order valence-electron chi connectivity index (χ2n) is 1.74. The van der Waals surface area contributed by atoms with Crippen LogP contribution in [0.5, 0.6) is 0 Å². The normalized spacial score (nSPS) is 14.1. The fourth-order valence-corrected chi connectivity index (χ4v) is 0.960. The van der Waals surface area contributed by atoms with Crippen molar-refractivity contribution >= 4 is 27.5 Å². The number of halogens is 2. The first-order chi connectivity index (χ1) is 3.31. The van der Waals surface area contributed by atoms with Gasteiger partial charge in [-0.1, -0.05) is 22.9 Å². The molecule has 0 aromatic heterocycles. The van der Waals surface area contributed by atoms with Crippen molar-refractivity contribution in [1.29, 1.82) is 0 Å². The molecule has 0 bridgehead atoms. The van der Waals surface area contributed by atoms with Gasteiger partial charge in [0.1, 0.15) is 0 Å². The van der Waals surface area contributed by atoms with Crippen LogP contribution in [-0.4, -0.2) is 11.2 Å². The lowest BCUT2D eigenvalue weighted by Gasteiger charge is -2.00. The highest BCUT2D eigenvalue weighted by Crippen LogP contribution is 2.05. The van der Waals surface area contributed by atoms with Crippen LogP contribution in [0.3, 0.4) is 0 Å². The molecule has 0 aromatic carbocycles. The molecule has 0 radical (unpaired) electrons. The van der Waals surface area contributed by atoms with Crippen LogP contribution in [0.1, 0.15) is 13.3 Å². The molecule has 44 valence electrons. The van der Waals surface area contributed by atoms with Crippen molar-refractivity contribution in [3.8, 4) is 0 Å². The van der Waals surface area contributed by atoms with Crippen LogP contribution in [0.2, 0.25) is 0 Å². The number of hydrogen-bond donors (Lipinski definition) is 0. The molecule has 0 saturated heterocycles. The van der Waals surface area contributed by atoms with Gasteiger partial charge in [-0.3, -0.25) is 0 Å². The van der Waals surface area contributed by atoms with Gasteiger partial charge in [0.2, 0.25) is 0 Å².